The van der Waals surface area contributed by atoms with E-state index in [0.29, 0.717) is 5.13 Å². The molecule has 0 aliphatic rings. The maximum Gasteiger partial charge on any atom is 0.341 e. The summed E-state index contributed by atoms with van der Waals surface area (Å²) in [6.07, 6.45) is 0. The Hall–Kier alpha value is -3.06. The summed E-state index contributed by atoms with van der Waals surface area (Å²) in [6, 6.07) is 15.0. The van der Waals surface area contributed by atoms with Crippen molar-refractivity contribution in [3.05, 3.63) is 71.4 Å². The van der Waals surface area contributed by atoms with Crippen molar-refractivity contribution in [2.45, 2.75) is 0 Å². The van der Waals surface area contributed by atoms with Gasteiger partial charge in [0, 0.05) is 10.9 Å². The smallest absolute Gasteiger partial charge is 0.341 e. The Balaban J connectivity index is 1.56. The van der Waals surface area contributed by atoms with Crippen LogP contribution in [-0.2, 0) is 9.53 Å². The number of ether oxygens (including phenoxy) is 1. The molecule has 7 heteroatoms. The number of hydrogen-bond donors (Lipinski definition) is 1. The minimum atomic E-state index is -0.891. The van der Waals surface area contributed by atoms with Crippen molar-refractivity contribution in [1.29, 1.82) is 0 Å². The molecule has 0 aliphatic carbocycles. The molecule has 0 fully saturated rings. The van der Waals surface area contributed by atoms with Crippen molar-refractivity contribution >= 4 is 28.3 Å². The van der Waals surface area contributed by atoms with Crippen LogP contribution in [0.1, 0.15) is 10.4 Å². The summed E-state index contributed by atoms with van der Waals surface area (Å²) in [4.78, 5) is 27.9. The number of halogens is 1. The highest BCUT2D eigenvalue weighted by atomic mass is 32.1. The minimum absolute atomic E-state index is 0.212. The van der Waals surface area contributed by atoms with Gasteiger partial charge in [0.1, 0.15) is 5.82 Å². The zero-order chi connectivity index (χ0) is 17.6. The van der Waals surface area contributed by atoms with Crippen LogP contribution in [-0.4, -0.2) is 23.5 Å². The van der Waals surface area contributed by atoms with Gasteiger partial charge >= 0.3 is 5.97 Å². The largest absolute Gasteiger partial charge is 0.452 e. The van der Waals surface area contributed by atoms with Gasteiger partial charge < -0.3 is 4.74 Å². The number of thiazole rings is 1. The summed E-state index contributed by atoms with van der Waals surface area (Å²) >= 11 is 1.26. The second-order valence-corrected chi connectivity index (χ2v) is 5.87. The van der Waals surface area contributed by atoms with E-state index < -0.39 is 24.3 Å². The second-order valence-electron chi connectivity index (χ2n) is 5.01. The van der Waals surface area contributed by atoms with E-state index in [-0.39, 0.29) is 5.56 Å². The number of aromatic nitrogens is 1. The molecular formula is C18H13FN2O3S. The molecule has 0 saturated carbocycles. The first-order valence-electron chi connectivity index (χ1n) is 7.36. The Morgan fingerprint density at radius 2 is 1.80 bits per heavy atom. The Bertz CT molecular complexity index is 896. The lowest BCUT2D eigenvalue weighted by molar-refractivity contribution is -0.119. The lowest BCUT2D eigenvalue weighted by Crippen LogP contribution is -2.21. The fourth-order valence-corrected chi connectivity index (χ4v) is 2.80. The molecule has 5 nitrogen and oxygen atoms in total. The molecule has 3 aromatic rings. The molecule has 1 heterocycles. The second kappa shape index (κ2) is 7.67. The number of hydrogen-bond acceptors (Lipinski definition) is 5. The van der Waals surface area contributed by atoms with E-state index in [2.05, 4.69) is 10.3 Å². The molecule has 0 saturated heterocycles. The van der Waals surface area contributed by atoms with Crippen LogP contribution in [0.15, 0.2) is 60.0 Å². The van der Waals surface area contributed by atoms with Crippen LogP contribution in [0.2, 0.25) is 0 Å². The van der Waals surface area contributed by atoms with Crippen molar-refractivity contribution in [2.75, 3.05) is 11.9 Å². The summed E-state index contributed by atoms with van der Waals surface area (Å²) < 4.78 is 18.3. The fourth-order valence-electron chi connectivity index (χ4n) is 2.06. The number of anilines is 1. The maximum atomic E-state index is 13.5. The molecule has 0 bridgehead atoms. The SMILES string of the molecule is O=C(COC(=O)c1ccccc1F)Nc1nc(-c2ccccc2)cs1. The normalized spacial score (nSPS) is 10.3. The van der Waals surface area contributed by atoms with Crippen molar-refractivity contribution < 1.29 is 18.7 Å². The number of amides is 1. The van der Waals surface area contributed by atoms with Crippen molar-refractivity contribution in [2.24, 2.45) is 0 Å². The number of carbonyl (C=O) groups excluding carboxylic acids is 2. The van der Waals surface area contributed by atoms with Crippen LogP contribution in [0, 0.1) is 5.82 Å². The number of nitrogens with zero attached hydrogens (tertiary/aromatic N) is 1. The summed E-state index contributed by atoms with van der Waals surface area (Å²) in [5, 5.41) is 4.76. The van der Waals surface area contributed by atoms with E-state index in [9.17, 15) is 14.0 Å². The Kier molecular flexibility index (Phi) is 5.15. The third-order valence-corrected chi connectivity index (χ3v) is 4.01. The zero-order valence-electron chi connectivity index (χ0n) is 12.9. The van der Waals surface area contributed by atoms with Gasteiger partial charge in [-0.3, -0.25) is 10.1 Å². The van der Waals surface area contributed by atoms with Gasteiger partial charge in [0.15, 0.2) is 11.7 Å². The summed E-state index contributed by atoms with van der Waals surface area (Å²) in [5.74, 6) is -2.13. The van der Waals surface area contributed by atoms with E-state index in [1.54, 1.807) is 0 Å². The molecule has 0 radical (unpaired) electrons. The van der Waals surface area contributed by atoms with E-state index >= 15 is 0 Å². The molecule has 0 spiro atoms. The van der Waals surface area contributed by atoms with Gasteiger partial charge in [0.2, 0.25) is 0 Å². The fraction of sp³-hybridized carbons (Fsp3) is 0.0556. The summed E-state index contributed by atoms with van der Waals surface area (Å²) in [5.41, 5.74) is 1.46. The van der Waals surface area contributed by atoms with E-state index in [1.807, 2.05) is 35.7 Å². The van der Waals surface area contributed by atoms with Gasteiger partial charge in [-0.1, -0.05) is 42.5 Å². The van der Waals surface area contributed by atoms with Crippen molar-refractivity contribution in [3.63, 3.8) is 0 Å². The highest BCUT2D eigenvalue weighted by Gasteiger charge is 2.15. The van der Waals surface area contributed by atoms with Gasteiger partial charge in [-0.15, -0.1) is 11.3 Å². The summed E-state index contributed by atoms with van der Waals surface area (Å²) in [6.45, 7) is -0.520. The Morgan fingerprint density at radius 1 is 1.08 bits per heavy atom. The van der Waals surface area contributed by atoms with E-state index in [4.69, 9.17) is 4.74 Å². The quantitative estimate of drug-likeness (QED) is 0.707. The van der Waals surface area contributed by atoms with Crippen LogP contribution >= 0.6 is 11.3 Å². The first-order chi connectivity index (χ1) is 12.1. The molecule has 0 atom stereocenters. The van der Waals surface area contributed by atoms with Crippen LogP contribution in [0.4, 0.5) is 9.52 Å². The molecule has 0 aliphatic heterocycles. The first kappa shape index (κ1) is 16.8. The highest BCUT2D eigenvalue weighted by Crippen LogP contribution is 2.24. The van der Waals surface area contributed by atoms with Crippen molar-refractivity contribution in [1.82, 2.24) is 4.98 Å². The van der Waals surface area contributed by atoms with Crippen molar-refractivity contribution in [3.8, 4) is 11.3 Å². The van der Waals surface area contributed by atoms with Crippen LogP contribution in [0.5, 0.6) is 0 Å². The monoisotopic (exact) mass is 356 g/mol. The first-order valence-corrected chi connectivity index (χ1v) is 8.24. The lowest BCUT2D eigenvalue weighted by atomic mass is 10.2. The third kappa shape index (κ3) is 4.27. The van der Waals surface area contributed by atoms with E-state index in [0.717, 1.165) is 17.3 Å². The predicted octanol–water partition coefficient (Wildman–Crippen LogP) is 3.74. The standard InChI is InChI=1S/C18H13FN2O3S/c19-14-9-5-4-8-13(14)17(23)24-10-16(22)21-18-20-15(11-25-18)12-6-2-1-3-7-12/h1-9,11H,10H2,(H,20,21,22). The minimum Gasteiger partial charge on any atom is -0.452 e. The van der Waals surface area contributed by atoms with Gasteiger partial charge in [-0.2, -0.15) is 0 Å². The number of nitrogens with one attached hydrogen (secondary N) is 1. The average Bonchev–Trinajstić information content (AvgIpc) is 3.09. The van der Waals surface area contributed by atoms with Crippen LogP contribution in [0.3, 0.4) is 0 Å². The van der Waals surface area contributed by atoms with Crippen LogP contribution in [0.25, 0.3) is 11.3 Å². The molecule has 2 aromatic carbocycles. The predicted molar refractivity (Wildman–Crippen MR) is 92.9 cm³/mol. The summed E-state index contributed by atoms with van der Waals surface area (Å²) in [7, 11) is 0. The molecule has 1 aromatic heterocycles. The molecule has 0 unspecified atom stereocenters. The topological polar surface area (TPSA) is 68.3 Å². The van der Waals surface area contributed by atoms with Gasteiger partial charge in [-0.05, 0) is 12.1 Å². The number of esters is 1. The highest BCUT2D eigenvalue weighted by molar-refractivity contribution is 7.14. The number of rotatable bonds is 5. The molecule has 3 rings (SSSR count). The van der Waals surface area contributed by atoms with Crippen LogP contribution < -0.4 is 5.32 Å². The van der Waals surface area contributed by atoms with Gasteiger partial charge in [0.05, 0.1) is 11.3 Å². The Morgan fingerprint density at radius 3 is 2.56 bits per heavy atom. The van der Waals surface area contributed by atoms with E-state index in [1.165, 1.54) is 29.5 Å². The number of benzene rings is 2. The molecule has 1 amide bonds. The molecular weight excluding hydrogens is 343 g/mol. The third-order valence-electron chi connectivity index (χ3n) is 3.25. The average molecular weight is 356 g/mol. The van der Waals surface area contributed by atoms with Gasteiger partial charge in [-0.25, -0.2) is 14.2 Å². The zero-order valence-corrected chi connectivity index (χ0v) is 13.8. The molecule has 1 N–H and O–H groups in total. The Labute approximate surface area is 147 Å². The molecule has 25 heavy (non-hydrogen) atoms. The molecule has 126 valence electrons. The lowest BCUT2D eigenvalue weighted by Gasteiger charge is -2.05. The van der Waals surface area contributed by atoms with Gasteiger partial charge in [0.25, 0.3) is 5.91 Å². The maximum absolute atomic E-state index is 13.5. The number of carbonyl (C=O) groups is 2.